The van der Waals surface area contributed by atoms with Gasteiger partial charge in [0.1, 0.15) is 0 Å². The highest BCUT2D eigenvalue weighted by Crippen LogP contribution is 2.29. The van der Waals surface area contributed by atoms with Crippen molar-refractivity contribution in [3.8, 4) is 0 Å². The molecule has 0 saturated heterocycles. The van der Waals surface area contributed by atoms with Gasteiger partial charge in [0.05, 0.1) is 12.2 Å². The average molecular weight is 275 g/mol. The highest BCUT2D eigenvalue weighted by molar-refractivity contribution is 5.25. The standard InChI is InChI=1S/C14H20F3NO/c1-10(2)13(9-19-3)18-8-11-5-4-6-12(7-11)14(15,16)17/h4-7,10,13,18H,8-9H2,1-3H3. The van der Waals surface area contributed by atoms with Crippen LogP contribution in [0, 0.1) is 5.92 Å². The Hall–Kier alpha value is -1.07. The number of hydrogen-bond donors (Lipinski definition) is 1. The molecule has 0 radical (unpaired) electrons. The van der Waals surface area contributed by atoms with E-state index in [0.29, 0.717) is 24.6 Å². The zero-order chi connectivity index (χ0) is 14.5. The fourth-order valence-electron chi connectivity index (χ4n) is 1.77. The minimum atomic E-state index is -4.29. The highest BCUT2D eigenvalue weighted by Gasteiger charge is 2.30. The van der Waals surface area contributed by atoms with Gasteiger partial charge in [-0.3, -0.25) is 0 Å². The molecule has 19 heavy (non-hydrogen) atoms. The topological polar surface area (TPSA) is 21.3 Å². The average Bonchev–Trinajstić information content (AvgIpc) is 2.33. The summed E-state index contributed by atoms with van der Waals surface area (Å²) in [6, 6.07) is 5.50. The highest BCUT2D eigenvalue weighted by atomic mass is 19.4. The summed E-state index contributed by atoms with van der Waals surface area (Å²) in [5.41, 5.74) is 0.0104. The Labute approximate surface area is 112 Å². The van der Waals surface area contributed by atoms with Crippen LogP contribution in [-0.2, 0) is 17.5 Å². The van der Waals surface area contributed by atoms with Gasteiger partial charge < -0.3 is 10.1 Å². The van der Waals surface area contributed by atoms with Gasteiger partial charge >= 0.3 is 6.18 Å². The van der Waals surface area contributed by atoms with Crippen molar-refractivity contribution in [1.82, 2.24) is 5.32 Å². The third-order valence-electron chi connectivity index (χ3n) is 2.97. The molecule has 0 amide bonds. The SMILES string of the molecule is COCC(NCc1cccc(C(F)(F)F)c1)C(C)C. The van der Waals surface area contributed by atoms with Crippen LogP contribution in [0.4, 0.5) is 13.2 Å². The van der Waals surface area contributed by atoms with Crippen LogP contribution >= 0.6 is 0 Å². The predicted octanol–water partition coefficient (Wildman–Crippen LogP) is 3.47. The fourth-order valence-corrected chi connectivity index (χ4v) is 1.77. The van der Waals surface area contributed by atoms with E-state index in [1.165, 1.54) is 12.1 Å². The quantitative estimate of drug-likeness (QED) is 0.858. The lowest BCUT2D eigenvalue weighted by Gasteiger charge is -2.21. The van der Waals surface area contributed by atoms with Gasteiger partial charge in [-0.1, -0.05) is 32.0 Å². The molecule has 0 heterocycles. The van der Waals surface area contributed by atoms with Crippen molar-refractivity contribution in [3.63, 3.8) is 0 Å². The first-order valence-corrected chi connectivity index (χ1v) is 6.23. The summed E-state index contributed by atoms with van der Waals surface area (Å²) >= 11 is 0. The number of rotatable bonds is 6. The molecule has 2 nitrogen and oxygen atoms in total. The van der Waals surface area contributed by atoms with E-state index in [9.17, 15) is 13.2 Å². The van der Waals surface area contributed by atoms with E-state index in [1.807, 2.05) is 13.8 Å². The van der Waals surface area contributed by atoms with Crippen LogP contribution in [0.2, 0.25) is 0 Å². The van der Waals surface area contributed by atoms with E-state index in [-0.39, 0.29) is 6.04 Å². The molecule has 0 fully saturated rings. The van der Waals surface area contributed by atoms with Crippen LogP contribution in [0.15, 0.2) is 24.3 Å². The number of methoxy groups -OCH3 is 1. The Morgan fingerprint density at radius 3 is 2.47 bits per heavy atom. The molecule has 1 aromatic carbocycles. The Bertz CT molecular complexity index is 391. The molecule has 1 rings (SSSR count). The van der Waals surface area contributed by atoms with E-state index in [1.54, 1.807) is 13.2 Å². The van der Waals surface area contributed by atoms with Gasteiger partial charge in [-0.2, -0.15) is 13.2 Å². The second-order valence-electron chi connectivity index (χ2n) is 4.88. The maximum atomic E-state index is 12.6. The summed E-state index contributed by atoms with van der Waals surface area (Å²) in [6.45, 7) is 5.03. The minimum Gasteiger partial charge on any atom is -0.383 e. The number of nitrogens with one attached hydrogen (secondary N) is 1. The molecule has 0 aliphatic rings. The van der Waals surface area contributed by atoms with E-state index < -0.39 is 11.7 Å². The lowest BCUT2D eigenvalue weighted by molar-refractivity contribution is -0.137. The normalized spacial score (nSPS) is 13.8. The first-order valence-electron chi connectivity index (χ1n) is 6.23. The summed E-state index contributed by atoms with van der Waals surface area (Å²) in [6.07, 6.45) is -4.29. The first kappa shape index (κ1) is 16.0. The Kier molecular flexibility index (Phi) is 5.82. The maximum Gasteiger partial charge on any atom is 0.416 e. The van der Waals surface area contributed by atoms with Crippen molar-refractivity contribution in [3.05, 3.63) is 35.4 Å². The molecule has 1 atom stereocenters. The summed E-state index contributed by atoms with van der Waals surface area (Å²) in [7, 11) is 1.61. The lowest BCUT2D eigenvalue weighted by Crippen LogP contribution is -2.37. The first-order chi connectivity index (χ1) is 8.84. The van der Waals surface area contributed by atoms with Gasteiger partial charge in [0, 0.05) is 19.7 Å². The van der Waals surface area contributed by atoms with Crippen molar-refractivity contribution in [2.75, 3.05) is 13.7 Å². The van der Waals surface area contributed by atoms with Gasteiger partial charge in [-0.05, 0) is 17.5 Å². The molecule has 1 aromatic rings. The van der Waals surface area contributed by atoms with Crippen molar-refractivity contribution in [1.29, 1.82) is 0 Å². The summed E-state index contributed by atoms with van der Waals surface area (Å²) < 4.78 is 42.8. The molecule has 1 unspecified atom stereocenters. The van der Waals surface area contributed by atoms with Crippen molar-refractivity contribution < 1.29 is 17.9 Å². The fraction of sp³-hybridized carbons (Fsp3) is 0.571. The van der Waals surface area contributed by atoms with Gasteiger partial charge in [0.15, 0.2) is 0 Å². The molecule has 108 valence electrons. The van der Waals surface area contributed by atoms with Gasteiger partial charge in [0.2, 0.25) is 0 Å². The van der Waals surface area contributed by atoms with Crippen molar-refractivity contribution in [2.45, 2.75) is 32.6 Å². The lowest BCUT2D eigenvalue weighted by atomic mass is 10.0. The molecule has 5 heteroatoms. The summed E-state index contributed by atoms with van der Waals surface area (Å²) in [4.78, 5) is 0. The number of halogens is 3. The molecule has 0 saturated carbocycles. The third-order valence-corrected chi connectivity index (χ3v) is 2.97. The van der Waals surface area contributed by atoms with Gasteiger partial charge in [-0.15, -0.1) is 0 Å². The molecular formula is C14H20F3NO. The monoisotopic (exact) mass is 275 g/mol. The second kappa shape index (κ2) is 6.91. The number of benzene rings is 1. The van der Waals surface area contributed by atoms with E-state index in [2.05, 4.69) is 5.32 Å². The van der Waals surface area contributed by atoms with Crippen molar-refractivity contribution >= 4 is 0 Å². The molecule has 0 spiro atoms. The zero-order valence-electron chi connectivity index (χ0n) is 11.4. The second-order valence-corrected chi connectivity index (χ2v) is 4.88. The smallest absolute Gasteiger partial charge is 0.383 e. The predicted molar refractivity (Wildman–Crippen MR) is 68.8 cm³/mol. The van der Waals surface area contributed by atoms with Crippen LogP contribution in [-0.4, -0.2) is 19.8 Å². The van der Waals surface area contributed by atoms with E-state index in [4.69, 9.17) is 4.74 Å². The zero-order valence-corrected chi connectivity index (χ0v) is 11.4. The Balaban J connectivity index is 2.67. The van der Waals surface area contributed by atoms with E-state index in [0.717, 1.165) is 6.07 Å². The van der Waals surface area contributed by atoms with Crippen LogP contribution in [0.1, 0.15) is 25.0 Å². The number of ether oxygens (including phenoxy) is 1. The molecule has 0 bridgehead atoms. The maximum absolute atomic E-state index is 12.6. The number of hydrogen-bond acceptors (Lipinski definition) is 2. The molecule has 0 aromatic heterocycles. The molecule has 0 aliphatic carbocycles. The van der Waals surface area contributed by atoms with E-state index >= 15 is 0 Å². The third kappa shape index (κ3) is 5.20. The van der Waals surface area contributed by atoms with Crippen molar-refractivity contribution in [2.24, 2.45) is 5.92 Å². The van der Waals surface area contributed by atoms with Gasteiger partial charge in [-0.25, -0.2) is 0 Å². The molecular weight excluding hydrogens is 255 g/mol. The molecule has 0 aliphatic heterocycles. The Morgan fingerprint density at radius 1 is 1.26 bits per heavy atom. The van der Waals surface area contributed by atoms with Gasteiger partial charge in [0.25, 0.3) is 0 Å². The minimum absolute atomic E-state index is 0.125. The van der Waals surface area contributed by atoms with Crippen LogP contribution in [0.25, 0.3) is 0 Å². The van der Waals surface area contributed by atoms with Crippen LogP contribution in [0.5, 0.6) is 0 Å². The molecule has 1 N–H and O–H groups in total. The largest absolute Gasteiger partial charge is 0.416 e. The van der Waals surface area contributed by atoms with Crippen LogP contribution in [0.3, 0.4) is 0 Å². The summed E-state index contributed by atoms with van der Waals surface area (Å²) in [5.74, 6) is 0.353. The summed E-state index contributed by atoms with van der Waals surface area (Å²) in [5, 5.41) is 3.22. The van der Waals surface area contributed by atoms with Crippen LogP contribution < -0.4 is 5.32 Å². The Morgan fingerprint density at radius 2 is 1.95 bits per heavy atom. The number of alkyl halides is 3.